The second kappa shape index (κ2) is 8.81. The topological polar surface area (TPSA) is 50.4 Å². The highest BCUT2D eigenvalue weighted by atomic mass is 16.6. The third-order valence-corrected chi connectivity index (χ3v) is 1.04. The van der Waals surface area contributed by atoms with Gasteiger partial charge in [-0.05, 0) is 27.8 Å². The van der Waals surface area contributed by atoms with Crippen LogP contribution in [0.5, 0.6) is 0 Å². The molecule has 4 heteroatoms. The van der Waals surface area contributed by atoms with Gasteiger partial charge < -0.3 is 15.4 Å². The first-order chi connectivity index (χ1) is 6.45. The van der Waals surface area contributed by atoms with E-state index in [-0.39, 0.29) is 6.09 Å². The molecule has 0 rings (SSSR count). The molecule has 0 aromatic carbocycles. The average molecular weight is 204 g/mol. The molecule has 86 valence electrons. The van der Waals surface area contributed by atoms with Crippen molar-refractivity contribution in [3.8, 4) is 0 Å². The number of amides is 1. The Balaban J connectivity index is 0. The molecule has 0 atom stereocenters. The van der Waals surface area contributed by atoms with Gasteiger partial charge in [0.1, 0.15) is 5.60 Å². The molecule has 0 heterocycles. The lowest BCUT2D eigenvalue weighted by Gasteiger charge is -2.19. The van der Waals surface area contributed by atoms with Crippen LogP contribution in [0.4, 0.5) is 4.79 Å². The van der Waals surface area contributed by atoms with Gasteiger partial charge in [-0.2, -0.15) is 0 Å². The Labute approximate surface area is 87.4 Å². The van der Waals surface area contributed by atoms with E-state index in [1.165, 1.54) is 0 Å². The highest BCUT2D eigenvalue weighted by molar-refractivity contribution is 5.67. The summed E-state index contributed by atoms with van der Waals surface area (Å²) in [5.74, 6) is 0. The van der Waals surface area contributed by atoms with Crippen molar-refractivity contribution in [3.63, 3.8) is 0 Å². The molecule has 1 amide bonds. The third-order valence-electron chi connectivity index (χ3n) is 1.04. The van der Waals surface area contributed by atoms with Gasteiger partial charge in [0, 0.05) is 13.1 Å². The summed E-state index contributed by atoms with van der Waals surface area (Å²) in [5.41, 5.74) is -0.413. The minimum Gasteiger partial charge on any atom is -0.444 e. The summed E-state index contributed by atoms with van der Waals surface area (Å²) in [4.78, 5) is 11.0. The van der Waals surface area contributed by atoms with Crippen molar-refractivity contribution < 1.29 is 9.53 Å². The van der Waals surface area contributed by atoms with Crippen LogP contribution in [0.1, 0.15) is 34.6 Å². The number of nitrogens with one attached hydrogen (secondary N) is 2. The number of hydrogen-bond acceptors (Lipinski definition) is 3. The number of likely N-dealkylation sites (N-methyl/N-ethyl adjacent to an activating group) is 1. The van der Waals surface area contributed by atoms with Crippen molar-refractivity contribution in [1.82, 2.24) is 10.6 Å². The fraction of sp³-hybridized carbons (Fsp3) is 0.900. The summed E-state index contributed by atoms with van der Waals surface area (Å²) in [6.45, 7) is 10.9. The second-order valence-corrected chi connectivity index (χ2v) is 3.53. The number of alkyl carbamates (subject to hydrolysis) is 1. The lowest BCUT2D eigenvalue weighted by Crippen LogP contribution is -2.35. The van der Waals surface area contributed by atoms with Gasteiger partial charge >= 0.3 is 6.09 Å². The fourth-order valence-electron chi connectivity index (χ4n) is 0.604. The van der Waals surface area contributed by atoms with E-state index in [0.717, 1.165) is 6.54 Å². The van der Waals surface area contributed by atoms with Gasteiger partial charge in [0.15, 0.2) is 0 Å². The molecule has 0 bridgehead atoms. The fourth-order valence-corrected chi connectivity index (χ4v) is 0.604. The second-order valence-electron chi connectivity index (χ2n) is 3.53. The molecular formula is C10H24N2O2. The largest absolute Gasteiger partial charge is 0.444 e. The van der Waals surface area contributed by atoms with Crippen LogP contribution in [-0.4, -0.2) is 31.8 Å². The quantitative estimate of drug-likeness (QED) is 0.689. The molecule has 0 spiro atoms. The van der Waals surface area contributed by atoms with Gasteiger partial charge in [-0.3, -0.25) is 0 Å². The van der Waals surface area contributed by atoms with Gasteiger partial charge in [-0.1, -0.05) is 13.8 Å². The molecular weight excluding hydrogens is 180 g/mol. The molecule has 0 aromatic heterocycles. The van der Waals surface area contributed by atoms with Gasteiger partial charge in [0.2, 0.25) is 0 Å². The average Bonchev–Trinajstić information content (AvgIpc) is 2.05. The number of ether oxygens (including phenoxy) is 1. The number of carbonyl (C=O) groups is 1. The maximum Gasteiger partial charge on any atom is 0.407 e. The zero-order valence-electron chi connectivity index (χ0n) is 10.2. The van der Waals surface area contributed by atoms with Crippen LogP contribution in [0.15, 0.2) is 0 Å². The zero-order valence-corrected chi connectivity index (χ0v) is 10.2. The van der Waals surface area contributed by atoms with Gasteiger partial charge in [0.25, 0.3) is 0 Å². The van der Waals surface area contributed by atoms with Crippen LogP contribution in [0, 0.1) is 0 Å². The van der Waals surface area contributed by atoms with E-state index < -0.39 is 5.60 Å². The van der Waals surface area contributed by atoms with Crippen molar-refractivity contribution in [3.05, 3.63) is 0 Å². The normalized spacial score (nSPS) is 9.86. The smallest absolute Gasteiger partial charge is 0.407 e. The molecule has 0 fully saturated rings. The van der Waals surface area contributed by atoms with Crippen LogP contribution >= 0.6 is 0 Å². The third kappa shape index (κ3) is 13.8. The molecule has 0 aliphatic heterocycles. The summed E-state index contributed by atoms with van der Waals surface area (Å²) in [6.07, 6.45) is -0.363. The Morgan fingerprint density at radius 3 is 2.07 bits per heavy atom. The van der Waals surface area contributed by atoms with Crippen molar-refractivity contribution in [2.24, 2.45) is 0 Å². The van der Waals surface area contributed by atoms with Crippen LogP contribution in [-0.2, 0) is 4.74 Å². The molecule has 0 aromatic rings. The van der Waals surface area contributed by atoms with Gasteiger partial charge in [0.05, 0.1) is 0 Å². The van der Waals surface area contributed by atoms with Crippen molar-refractivity contribution in [2.75, 3.05) is 20.1 Å². The standard InChI is InChI=1S/C8H18N2O2.C2H6/c1-8(2,3)12-7(11)10-6-5-9-4;1-2/h9H,5-6H2,1-4H3,(H,10,11);1-2H3. The summed E-state index contributed by atoms with van der Waals surface area (Å²) >= 11 is 0. The monoisotopic (exact) mass is 204 g/mol. The molecule has 2 N–H and O–H groups in total. The lowest BCUT2D eigenvalue weighted by molar-refractivity contribution is 0.0528. The van der Waals surface area contributed by atoms with E-state index in [1.807, 2.05) is 41.7 Å². The minimum atomic E-state index is -0.413. The molecule has 14 heavy (non-hydrogen) atoms. The molecule has 0 radical (unpaired) electrons. The van der Waals surface area contributed by atoms with Crippen molar-refractivity contribution in [1.29, 1.82) is 0 Å². The van der Waals surface area contributed by atoms with Crippen LogP contribution in [0.25, 0.3) is 0 Å². The first-order valence-corrected chi connectivity index (χ1v) is 5.07. The van der Waals surface area contributed by atoms with Gasteiger partial charge in [-0.15, -0.1) is 0 Å². The van der Waals surface area contributed by atoms with Crippen LogP contribution in [0.2, 0.25) is 0 Å². The predicted molar refractivity (Wildman–Crippen MR) is 59.5 cm³/mol. The first-order valence-electron chi connectivity index (χ1n) is 5.07. The van der Waals surface area contributed by atoms with Crippen LogP contribution < -0.4 is 10.6 Å². The Hall–Kier alpha value is -0.770. The van der Waals surface area contributed by atoms with Crippen LogP contribution in [0.3, 0.4) is 0 Å². The maximum absolute atomic E-state index is 11.0. The molecule has 0 saturated heterocycles. The minimum absolute atomic E-state index is 0.363. The van der Waals surface area contributed by atoms with E-state index in [9.17, 15) is 4.79 Å². The summed E-state index contributed by atoms with van der Waals surface area (Å²) < 4.78 is 5.01. The van der Waals surface area contributed by atoms with Crippen molar-refractivity contribution in [2.45, 2.75) is 40.2 Å². The molecule has 0 aliphatic carbocycles. The van der Waals surface area contributed by atoms with E-state index in [4.69, 9.17) is 4.74 Å². The van der Waals surface area contributed by atoms with Gasteiger partial charge in [-0.25, -0.2) is 4.79 Å². The Kier molecular flexibility index (Phi) is 9.88. The zero-order chi connectivity index (χ0) is 11.6. The van der Waals surface area contributed by atoms with E-state index in [0.29, 0.717) is 6.54 Å². The molecule has 4 nitrogen and oxygen atoms in total. The molecule has 0 aliphatic rings. The number of rotatable bonds is 3. The molecule has 0 unspecified atom stereocenters. The Morgan fingerprint density at radius 2 is 1.71 bits per heavy atom. The van der Waals surface area contributed by atoms with Crippen molar-refractivity contribution >= 4 is 6.09 Å². The summed E-state index contributed by atoms with van der Waals surface area (Å²) in [6, 6.07) is 0. The SMILES string of the molecule is CC.CNCCNC(=O)OC(C)(C)C. The summed E-state index contributed by atoms with van der Waals surface area (Å²) in [5, 5.41) is 5.53. The lowest BCUT2D eigenvalue weighted by atomic mass is 10.2. The molecule has 0 saturated carbocycles. The predicted octanol–water partition coefficient (Wildman–Crippen LogP) is 1.76. The summed E-state index contributed by atoms with van der Waals surface area (Å²) in [7, 11) is 1.83. The number of carbonyl (C=O) groups excluding carboxylic acids is 1. The highest BCUT2D eigenvalue weighted by Crippen LogP contribution is 2.05. The first kappa shape index (κ1) is 15.7. The Morgan fingerprint density at radius 1 is 1.21 bits per heavy atom. The van der Waals surface area contributed by atoms with E-state index >= 15 is 0 Å². The highest BCUT2D eigenvalue weighted by Gasteiger charge is 2.14. The van der Waals surface area contributed by atoms with E-state index in [1.54, 1.807) is 0 Å². The number of hydrogen-bond donors (Lipinski definition) is 2. The maximum atomic E-state index is 11.0. The van der Waals surface area contributed by atoms with E-state index in [2.05, 4.69) is 10.6 Å². The Bertz CT molecular complexity index is 142.